The van der Waals surface area contributed by atoms with Gasteiger partial charge in [-0.1, -0.05) is 42.5 Å². The molecule has 5 heteroatoms. The van der Waals surface area contributed by atoms with Gasteiger partial charge in [0, 0.05) is 17.5 Å². The number of hydrogen-bond acceptors (Lipinski definition) is 4. The number of carbonyl (C=O) groups excluding carboxylic acids is 1. The molecule has 1 N–H and O–H groups in total. The van der Waals surface area contributed by atoms with Crippen molar-refractivity contribution in [1.82, 2.24) is 5.32 Å². The maximum atomic E-state index is 11.9. The van der Waals surface area contributed by atoms with Crippen molar-refractivity contribution in [3.63, 3.8) is 0 Å². The summed E-state index contributed by atoms with van der Waals surface area (Å²) < 4.78 is 11.3. The first-order chi connectivity index (χ1) is 13.2. The summed E-state index contributed by atoms with van der Waals surface area (Å²) in [6.45, 7) is 0.893. The Bertz CT molecular complexity index is 889. The highest BCUT2D eigenvalue weighted by Crippen LogP contribution is 2.28. The molecule has 3 aromatic rings. The summed E-state index contributed by atoms with van der Waals surface area (Å²) in [5.41, 5.74) is 2.03. The molecule has 0 saturated heterocycles. The second-order valence-corrected chi connectivity index (χ2v) is 6.81. The zero-order valence-corrected chi connectivity index (χ0v) is 15.9. The van der Waals surface area contributed by atoms with E-state index >= 15 is 0 Å². The second kappa shape index (κ2) is 9.59. The van der Waals surface area contributed by atoms with Gasteiger partial charge in [-0.3, -0.25) is 4.79 Å². The first-order valence-corrected chi connectivity index (χ1v) is 9.45. The minimum absolute atomic E-state index is 0.133. The van der Waals surface area contributed by atoms with Gasteiger partial charge in [-0.15, -0.1) is 11.3 Å². The van der Waals surface area contributed by atoms with Crippen LogP contribution in [0, 0.1) is 0 Å². The van der Waals surface area contributed by atoms with Crippen LogP contribution in [0.2, 0.25) is 0 Å². The summed E-state index contributed by atoms with van der Waals surface area (Å²) in [5.74, 6) is 1.19. The average Bonchev–Trinajstić information content (AvgIpc) is 3.24. The molecule has 0 fully saturated rings. The van der Waals surface area contributed by atoms with Crippen LogP contribution in [0.4, 0.5) is 0 Å². The largest absolute Gasteiger partial charge is 0.493 e. The Morgan fingerprint density at radius 1 is 1.04 bits per heavy atom. The van der Waals surface area contributed by atoms with E-state index in [1.165, 1.54) is 0 Å². The third-order valence-electron chi connectivity index (χ3n) is 3.87. The minimum atomic E-state index is -0.133. The summed E-state index contributed by atoms with van der Waals surface area (Å²) in [4.78, 5) is 13.0. The molecule has 0 aliphatic carbocycles. The zero-order chi connectivity index (χ0) is 18.9. The molecule has 0 bridgehead atoms. The highest BCUT2D eigenvalue weighted by molar-refractivity contribution is 7.10. The van der Waals surface area contributed by atoms with Crippen molar-refractivity contribution in [1.29, 1.82) is 0 Å². The number of amides is 1. The summed E-state index contributed by atoms with van der Waals surface area (Å²) in [6.07, 6.45) is 3.35. The van der Waals surface area contributed by atoms with Crippen molar-refractivity contribution in [3.8, 4) is 11.5 Å². The average molecular weight is 379 g/mol. The molecule has 138 valence electrons. The first kappa shape index (κ1) is 18.7. The van der Waals surface area contributed by atoms with Gasteiger partial charge in [0.25, 0.3) is 0 Å². The molecular weight excluding hydrogens is 358 g/mol. The van der Waals surface area contributed by atoms with Crippen molar-refractivity contribution >= 4 is 23.3 Å². The van der Waals surface area contributed by atoms with Crippen LogP contribution in [-0.4, -0.2) is 13.0 Å². The highest BCUT2D eigenvalue weighted by Gasteiger charge is 2.07. The van der Waals surface area contributed by atoms with E-state index in [0.29, 0.717) is 24.7 Å². The second-order valence-electron chi connectivity index (χ2n) is 5.83. The highest BCUT2D eigenvalue weighted by atomic mass is 32.1. The number of hydrogen-bond donors (Lipinski definition) is 1. The van der Waals surface area contributed by atoms with Gasteiger partial charge in [0.15, 0.2) is 11.5 Å². The van der Waals surface area contributed by atoms with Crippen molar-refractivity contribution in [3.05, 3.63) is 88.1 Å². The molecular formula is C22H21NO3S. The van der Waals surface area contributed by atoms with Crippen LogP contribution in [-0.2, 0) is 17.9 Å². The Labute approximate surface area is 163 Å². The fourth-order valence-corrected chi connectivity index (χ4v) is 3.09. The van der Waals surface area contributed by atoms with E-state index in [1.807, 2.05) is 66.0 Å². The molecule has 0 atom stereocenters. The molecule has 0 aliphatic rings. The van der Waals surface area contributed by atoms with E-state index in [-0.39, 0.29) is 5.91 Å². The molecule has 1 heterocycles. The molecule has 0 aliphatic heterocycles. The molecule has 3 rings (SSSR count). The van der Waals surface area contributed by atoms with Crippen LogP contribution in [0.3, 0.4) is 0 Å². The van der Waals surface area contributed by atoms with Crippen LogP contribution in [0.5, 0.6) is 11.5 Å². The monoisotopic (exact) mass is 379 g/mol. The number of thiophene rings is 1. The predicted molar refractivity (Wildman–Crippen MR) is 109 cm³/mol. The Kier molecular flexibility index (Phi) is 6.66. The predicted octanol–water partition coefficient (Wildman–Crippen LogP) is 4.67. The lowest BCUT2D eigenvalue weighted by atomic mass is 10.2. The molecule has 2 aromatic carbocycles. The lowest BCUT2D eigenvalue weighted by molar-refractivity contribution is -0.116. The summed E-state index contributed by atoms with van der Waals surface area (Å²) in [5, 5.41) is 4.85. The lowest BCUT2D eigenvalue weighted by Gasteiger charge is -2.12. The van der Waals surface area contributed by atoms with E-state index in [0.717, 1.165) is 16.0 Å². The van der Waals surface area contributed by atoms with Crippen molar-refractivity contribution in [2.45, 2.75) is 13.2 Å². The van der Waals surface area contributed by atoms with Crippen LogP contribution < -0.4 is 14.8 Å². The number of benzene rings is 2. The molecule has 0 radical (unpaired) electrons. The summed E-state index contributed by atoms with van der Waals surface area (Å²) in [6, 6.07) is 19.6. The fraction of sp³-hybridized carbons (Fsp3) is 0.136. The first-order valence-electron chi connectivity index (χ1n) is 8.57. The number of carbonyl (C=O) groups is 1. The van der Waals surface area contributed by atoms with Gasteiger partial charge >= 0.3 is 0 Å². The Morgan fingerprint density at radius 2 is 1.89 bits per heavy atom. The molecule has 1 amide bonds. The van der Waals surface area contributed by atoms with E-state index < -0.39 is 0 Å². The van der Waals surface area contributed by atoms with Crippen molar-refractivity contribution in [2.24, 2.45) is 0 Å². The van der Waals surface area contributed by atoms with Gasteiger partial charge in [0.2, 0.25) is 5.91 Å². The quantitative estimate of drug-likeness (QED) is 0.579. The van der Waals surface area contributed by atoms with Crippen LogP contribution in [0.25, 0.3) is 6.08 Å². The zero-order valence-electron chi connectivity index (χ0n) is 15.1. The van der Waals surface area contributed by atoms with Gasteiger partial charge in [-0.05, 0) is 40.8 Å². The minimum Gasteiger partial charge on any atom is -0.493 e. The van der Waals surface area contributed by atoms with E-state index in [1.54, 1.807) is 30.6 Å². The van der Waals surface area contributed by atoms with E-state index in [4.69, 9.17) is 9.47 Å². The normalized spacial score (nSPS) is 10.7. The van der Waals surface area contributed by atoms with Crippen molar-refractivity contribution < 1.29 is 14.3 Å². The standard InChI is InChI=1S/C22H21NO3S/c1-25-21-14-18(15-23-22(24)12-10-19-8-5-13-27-19)9-11-20(21)26-16-17-6-3-2-4-7-17/h2-14H,15-16H2,1H3,(H,23,24)/b12-10+. The lowest BCUT2D eigenvalue weighted by Crippen LogP contribution is -2.20. The third-order valence-corrected chi connectivity index (χ3v) is 4.71. The Hall–Kier alpha value is -3.05. The van der Waals surface area contributed by atoms with Gasteiger partial charge in [0.05, 0.1) is 7.11 Å². The molecule has 27 heavy (non-hydrogen) atoms. The maximum absolute atomic E-state index is 11.9. The molecule has 1 aromatic heterocycles. The fourth-order valence-electron chi connectivity index (χ4n) is 2.47. The van der Waals surface area contributed by atoms with Crippen LogP contribution in [0.15, 0.2) is 72.1 Å². The molecule has 0 saturated carbocycles. The topological polar surface area (TPSA) is 47.6 Å². The molecule has 4 nitrogen and oxygen atoms in total. The Balaban J connectivity index is 1.56. The summed E-state index contributed by atoms with van der Waals surface area (Å²) in [7, 11) is 1.61. The number of nitrogens with one attached hydrogen (secondary N) is 1. The van der Waals surface area contributed by atoms with Crippen LogP contribution >= 0.6 is 11.3 Å². The van der Waals surface area contributed by atoms with E-state index in [2.05, 4.69) is 5.32 Å². The van der Waals surface area contributed by atoms with E-state index in [9.17, 15) is 4.79 Å². The third kappa shape index (κ3) is 5.72. The SMILES string of the molecule is COc1cc(CNC(=O)/C=C/c2cccs2)ccc1OCc1ccccc1. The number of methoxy groups -OCH3 is 1. The smallest absolute Gasteiger partial charge is 0.244 e. The molecule has 0 spiro atoms. The van der Waals surface area contributed by atoms with Gasteiger partial charge < -0.3 is 14.8 Å². The number of ether oxygens (including phenoxy) is 2. The van der Waals surface area contributed by atoms with Gasteiger partial charge in [-0.25, -0.2) is 0 Å². The molecule has 0 unspecified atom stereocenters. The number of rotatable bonds is 8. The maximum Gasteiger partial charge on any atom is 0.244 e. The summed E-state index contributed by atoms with van der Waals surface area (Å²) >= 11 is 1.59. The van der Waals surface area contributed by atoms with Gasteiger partial charge in [-0.2, -0.15) is 0 Å². The van der Waals surface area contributed by atoms with Crippen molar-refractivity contribution in [2.75, 3.05) is 7.11 Å². The van der Waals surface area contributed by atoms with Gasteiger partial charge in [0.1, 0.15) is 6.61 Å². The Morgan fingerprint density at radius 3 is 2.63 bits per heavy atom. The van der Waals surface area contributed by atoms with Crippen LogP contribution in [0.1, 0.15) is 16.0 Å².